The molecule has 0 amide bonds. The van der Waals surface area contributed by atoms with Crippen molar-refractivity contribution in [2.45, 2.75) is 91.6 Å². The third kappa shape index (κ3) is 9.11. The zero-order valence-corrected chi connectivity index (χ0v) is 22.6. The molecule has 196 valence electrons. The Morgan fingerprint density at radius 1 is 0.722 bits per heavy atom. The van der Waals surface area contributed by atoms with Crippen molar-refractivity contribution in [1.29, 1.82) is 0 Å². The Morgan fingerprint density at radius 2 is 1.19 bits per heavy atom. The Labute approximate surface area is 217 Å². The van der Waals surface area contributed by atoms with Gasteiger partial charge in [-0.05, 0) is 91.7 Å². The lowest BCUT2D eigenvalue weighted by molar-refractivity contribution is -0.0247. The van der Waals surface area contributed by atoms with Crippen molar-refractivity contribution in [2.24, 2.45) is 17.8 Å². The highest BCUT2D eigenvalue weighted by atomic mass is 16.6. The van der Waals surface area contributed by atoms with Crippen LogP contribution in [0.3, 0.4) is 0 Å². The molecule has 2 aromatic rings. The number of carbonyl (C=O) groups excluding carboxylic acids is 2. The number of ether oxygens (including phenoxy) is 2. The molecular weight excluding hydrogens is 448 g/mol. The summed E-state index contributed by atoms with van der Waals surface area (Å²) in [4.78, 5) is 25.7. The van der Waals surface area contributed by atoms with Crippen LogP contribution in [0.2, 0.25) is 0 Å². The second-order valence-corrected chi connectivity index (χ2v) is 11.2. The second kappa shape index (κ2) is 14.2. The minimum atomic E-state index is -0.423. The molecule has 1 aliphatic rings. The van der Waals surface area contributed by atoms with Crippen molar-refractivity contribution in [3.05, 3.63) is 70.8 Å². The van der Waals surface area contributed by atoms with Crippen molar-refractivity contribution in [3.63, 3.8) is 0 Å². The van der Waals surface area contributed by atoms with Crippen molar-refractivity contribution in [2.75, 3.05) is 6.61 Å². The predicted octanol–water partition coefficient (Wildman–Crippen LogP) is 7.83. The lowest BCUT2D eigenvalue weighted by atomic mass is 9.85. The summed E-state index contributed by atoms with van der Waals surface area (Å²) in [5, 5.41) is 0. The zero-order valence-electron chi connectivity index (χ0n) is 22.6. The largest absolute Gasteiger partial charge is 0.458 e. The minimum absolute atomic E-state index is 0.0941. The molecule has 0 spiro atoms. The summed E-state index contributed by atoms with van der Waals surface area (Å²) in [6, 6.07) is 15.4. The number of hydrogen-bond acceptors (Lipinski definition) is 4. The van der Waals surface area contributed by atoms with Crippen LogP contribution < -0.4 is 0 Å². The molecule has 0 N–H and O–H groups in total. The number of esters is 2. The molecule has 1 atom stereocenters. The Bertz CT molecular complexity index is 937. The predicted molar refractivity (Wildman–Crippen MR) is 145 cm³/mol. The first-order valence-electron chi connectivity index (χ1n) is 13.9. The molecule has 0 bridgehead atoms. The number of aryl methyl sites for hydroxylation is 2. The van der Waals surface area contributed by atoms with Crippen LogP contribution >= 0.6 is 0 Å². The smallest absolute Gasteiger partial charge is 0.338 e. The summed E-state index contributed by atoms with van der Waals surface area (Å²) in [7, 11) is 0. The summed E-state index contributed by atoms with van der Waals surface area (Å²) in [6.45, 7) is 8.95. The van der Waals surface area contributed by atoms with Crippen LogP contribution in [0, 0.1) is 17.8 Å². The topological polar surface area (TPSA) is 52.6 Å². The molecule has 0 aliphatic heterocycles. The van der Waals surface area contributed by atoms with Crippen LogP contribution in [-0.4, -0.2) is 24.6 Å². The first-order valence-corrected chi connectivity index (χ1v) is 13.9. The van der Waals surface area contributed by atoms with E-state index in [4.69, 9.17) is 9.47 Å². The molecule has 0 saturated heterocycles. The number of benzene rings is 2. The summed E-state index contributed by atoms with van der Waals surface area (Å²) in [5.41, 5.74) is 3.54. The van der Waals surface area contributed by atoms with Gasteiger partial charge in [-0.15, -0.1) is 0 Å². The van der Waals surface area contributed by atoms with Gasteiger partial charge < -0.3 is 9.47 Å². The first-order chi connectivity index (χ1) is 17.3. The summed E-state index contributed by atoms with van der Waals surface area (Å²) in [6.07, 6.45) is 9.27. The molecule has 4 nitrogen and oxygen atoms in total. The highest BCUT2D eigenvalue weighted by Crippen LogP contribution is 2.29. The van der Waals surface area contributed by atoms with Crippen LogP contribution in [0.1, 0.15) is 104 Å². The Morgan fingerprint density at radius 3 is 1.67 bits per heavy atom. The van der Waals surface area contributed by atoms with Crippen LogP contribution in [0.5, 0.6) is 0 Å². The van der Waals surface area contributed by atoms with E-state index in [0.717, 1.165) is 51.4 Å². The SMILES string of the molecule is CC(C)CCc1ccc(C(=O)OC[C@@H](OC(=O)c2ccc(CCC(C)C)cc2)C2CCCCC2)cc1. The lowest BCUT2D eigenvalue weighted by Crippen LogP contribution is -2.33. The Hall–Kier alpha value is -2.62. The Balaban J connectivity index is 1.59. The molecule has 0 unspecified atom stereocenters. The van der Waals surface area contributed by atoms with Crippen molar-refractivity contribution in [3.8, 4) is 0 Å². The van der Waals surface area contributed by atoms with E-state index < -0.39 is 6.10 Å². The van der Waals surface area contributed by atoms with E-state index in [9.17, 15) is 9.59 Å². The molecule has 1 fully saturated rings. The van der Waals surface area contributed by atoms with E-state index in [0.29, 0.717) is 23.0 Å². The fraction of sp³-hybridized carbons (Fsp3) is 0.562. The fourth-order valence-electron chi connectivity index (χ4n) is 4.74. The van der Waals surface area contributed by atoms with E-state index in [1.807, 2.05) is 48.5 Å². The molecule has 0 heterocycles. The maximum atomic E-state index is 13.0. The first kappa shape index (κ1) is 28.0. The van der Waals surface area contributed by atoms with E-state index in [1.54, 1.807) is 0 Å². The van der Waals surface area contributed by atoms with Gasteiger partial charge in [0.05, 0.1) is 11.1 Å². The third-order valence-corrected chi connectivity index (χ3v) is 7.21. The van der Waals surface area contributed by atoms with Crippen LogP contribution in [-0.2, 0) is 22.3 Å². The fourth-order valence-corrected chi connectivity index (χ4v) is 4.74. The van der Waals surface area contributed by atoms with Gasteiger partial charge in [-0.25, -0.2) is 9.59 Å². The molecule has 0 aromatic heterocycles. The summed E-state index contributed by atoms with van der Waals surface area (Å²) < 4.78 is 11.6. The number of hydrogen-bond donors (Lipinski definition) is 0. The number of carbonyl (C=O) groups is 2. The third-order valence-electron chi connectivity index (χ3n) is 7.21. The average molecular weight is 493 g/mol. The minimum Gasteiger partial charge on any atom is -0.458 e. The highest BCUT2D eigenvalue weighted by molar-refractivity contribution is 5.90. The van der Waals surface area contributed by atoms with Crippen LogP contribution in [0.15, 0.2) is 48.5 Å². The van der Waals surface area contributed by atoms with E-state index in [1.165, 1.54) is 17.5 Å². The zero-order chi connectivity index (χ0) is 25.9. The second-order valence-electron chi connectivity index (χ2n) is 11.2. The van der Waals surface area contributed by atoms with Crippen LogP contribution in [0.4, 0.5) is 0 Å². The van der Waals surface area contributed by atoms with Crippen molar-refractivity contribution < 1.29 is 19.1 Å². The van der Waals surface area contributed by atoms with Gasteiger partial charge in [0.2, 0.25) is 0 Å². The average Bonchev–Trinajstić information content (AvgIpc) is 2.89. The molecule has 3 rings (SSSR count). The standard InChI is InChI=1S/C32H44O4/c1-23(2)10-12-25-14-18-28(19-15-25)31(33)35-22-30(27-8-6-5-7-9-27)36-32(34)29-20-16-26(17-21-29)13-11-24(3)4/h14-21,23-24,27,30H,5-13,22H2,1-4H3/t30-/m1/s1. The lowest BCUT2D eigenvalue weighted by Gasteiger charge is -2.29. The Kier molecular flexibility index (Phi) is 11.0. The highest BCUT2D eigenvalue weighted by Gasteiger charge is 2.29. The van der Waals surface area contributed by atoms with E-state index in [2.05, 4.69) is 27.7 Å². The van der Waals surface area contributed by atoms with E-state index in [-0.39, 0.29) is 24.5 Å². The van der Waals surface area contributed by atoms with Gasteiger partial charge in [0, 0.05) is 0 Å². The molecule has 0 radical (unpaired) electrons. The molecular formula is C32H44O4. The molecule has 36 heavy (non-hydrogen) atoms. The van der Waals surface area contributed by atoms with Gasteiger partial charge in [-0.1, -0.05) is 71.2 Å². The normalized spacial score (nSPS) is 15.2. The molecule has 2 aromatic carbocycles. The van der Waals surface area contributed by atoms with Crippen LogP contribution in [0.25, 0.3) is 0 Å². The van der Waals surface area contributed by atoms with Crippen molar-refractivity contribution in [1.82, 2.24) is 0 Å². The summed E-state index contributed by atoms with van der Waals surface area (Å²) >= 11 is 0. The van der Waals surface area contributed by atoms with E-state index >= 15 is 0 Å². The van der Waals surface area contributed by atoms with Gasteiger partial charge >= 0.3 is 11.9 Å². The van der Waals surface area contributed by atoms with Gasteiger partial charge in [0.1, 0.15) is 12.7 Å². The quantitative estimate of drug-likeness (QED) is 0.283. The maximum absolute atomic E-state index is 13.0. The van der Waals surface area contributed by atoms with Gasteiger partial charge in [-0.2, -0.15) is 0 Å². The maximum Gasteiger partial charge on any atom is 0.338 e. The van der Waals surface area contributed by atoms with Gasteiger partial charge in [0.25, 0.3) is 0 Å². The van der Waals surface area contributed by atoms with Gasteiger partial charge in [0.15, 0.2) is 0 Å². The number of rotatable bonds is 12. The molecule has 4 heteroatoms. The monoisotopic (exact) mass is 492 g/mol. The summed E-state index contributed by atoms with van der Waals surface area (Å²) in [5.74, 6) is 0.816. The van der Waals surface area contributed by atoms with Crippen molar-refractivity contribution >= 4 is 11.9 Å². The molecule has 1 saturated carbocycles. The van der Waals surface area contributed by atoms with Gasteiger partial charge in [-0.3, -0.25) is 0 Å². The molecule has 1 aliphatic carbocycles.